The third-order valence-corrected chi connectivity index (χ3v) is 4.33. The maximum absolute atomic E-state index is 12.1. The molecule has 1 saturated carbocycles. The zero-order valence-corrected chi connectivity index (χ0v) is 15.1. The average molecular weight is 384 g/mol. The fourth-order valence-electron chi connectivity index (χ4n) is 2.30. The summed E-state index contributed by atoms with van der Waals surface area (Å²) < 4.78 is 0. The number of benzene rings is 2. The Balaban J connectivity index is 1.49. The van der Waals surface area contributed by atoms with Crippen molar-refractivity contribution in [2.75, 3.05) is 5.32 Å². The zero-order chi connectivity index (χ0) is 19.2. The van der Waals surface area contributed by atoms with Crippen LogP contribution in [0.25, 0.3) is 6.08 Å². The van der Waals surface area contributed by atoms with Crippen LogP contribution in [0, 0.1) is 5.92 Å². The summed E-state index contributed by atoms with van der Waals surface area (Å²) in [6.07, 6.45) is 4.69. The van der Waals surface area contributed by atoms with Gasteiger partial charge in [0.05, 0.1) is 0 Å². The first-order valence-corrected chi connectivity index (χ1v) is 8.84. The predicted octanol–water partition coefficient (Wildman–Crippen LogP) is 3.16. The molecule has 0 radical (unpaired) electrons. The molecule has 1 fully saturated rings. The van der Waals surface area contributed by atoms with Gasteiger partial charge in [0.1, 0.15) is 0 Å². The summed E-state index contributed by atoms with van der Waals surface area (Å²) in [4.78, 5) is 35.6. The second-order valence-electron chi connectivity index (χ2n) is 6.14. The van der Waals surface area contributed by atoms with Crippen LogP contribution in [0.3, 0.4) is 0 Å². The molecule has 1 aliphatic rings. The van der Waals surface area contributed by atoms with Gasteiger partial charge in [0.15, 0.2) is 0 Å². The fraction of sp³-hybridized carbons (Fsp3) is 0.150. The predicted molar refractivity (Wildman–Crippen MR) is 104 cm³/mol. The first-order valence-electron chi connectivity index (χ1n) is 8.47. The third kappa shape index (κ3) is 5.43. The molecule has 1 aliphatic carbocycles. The van der Waals surface area contributed by atoms with E-state index in [1.165, 1.54) is 6.08 Å². The van der Waals surface area contributed by atoms with Crippen molar-refractivity contribution < 1.29 is 14.4 Å². The molecule has 0 bridgehead atoms. The van der Waals surface area contributed by atoms with E-state index in [0.29, 0.717) is 21.8 Å². The molecular formula is C20H18ClN3O3. The van der Waals surface area contributed by atoms with Crippen LogP contribution in [-0.2, 0) is 9.59 Å². The Morgan fingerprint density at radius 3 is 2.33 bits per heavy atom. The lowest BCUT2D eigenvalue weighted by Crippen LogP contribution is -2.40. The molecule has 0 aliphatic heterocycles. The van der Waals surface area contributed by atoms with Crippen LogP contribution in [0.15, 0.2) is 54.6 Å². The minimum absolute atomic E-state index is 0.00442. The first-order chi connectivity index (χ1) is 13.0. The van der Waals surface area contributed by atoms with Crippen molar-refractivity contribution in [2.24, 2.45) is 5.92 Å². The van der Waals surface area contributed by atoms with Crippen LogP contribution in [0.2, 0.25) is 5.02 Å². The fourth-order valence-corrected chi connectivity index (χ4v) is 2.50. The maximum atomic E-state index is 12.1. The van der Waals surface area contributed by atoms with Crippen LogP contribution in [0.5, 0.6) is 0 Å². The molecule has 0 saturated heterocycles. The third-order valence-electron chi connectivity index (χ3n) is 3.98. The molecule has 0 spiro atoms. The zero-order valence-electron chi connectivity index (χ0n) is 14.4. The Labute approximate surface area is 161 Å². The second kappa shape index (κ2) is 8.51. The lowest BCUT2D eigenvalue weighted by molar-refractivity contribution is -0.118. The lowest BCUT2D eigenvalue weighted by atomic mass is 10.2. The van der Waals surface area contributed by atoms with Crippen LogP contribution in [0.1, 0.15) is 28.8 Å². The number of hydrogen-bond donors (Lipinski definition) is 3. The van der Waals surface area contributed by atoms with Crippen molar-refractivity contribution in [3.63, 3.8) is 0 Å². The minimum atomic E-state index is -0.489. The van der Waals surface area contributed by atoms with E-state index in [0.717, 1.165) is 12.8 Å². The van der Waals surface area contributed by atoms with Gasteiger partial charge in [-0.15, -0.1) is 0 Å². The van der Waals surface area contributed by atoms with E-state index in [-0.39, 0.29) is 11.8 Å². The number of hydrazine groups is 1. The maximum Gasteiger partial charge on any atom is 0.269 e. The molecule has 138 valence electrons. The Hall–Kier alpha value is -3.12. The molecule has 0 atom stereocenters. The Morgan fingerprint density at radius 2 is 1.67 bits per heavy atom. The molecule has 0 aromatic heterocycles. The van der Waals surface area contributed by atoms with Gasteiger partial charge in [0.25, 0.3) is 11.8 Å². The van der Waals surface area contributed by atoms with Crippen LogP contribution >= 0.6 is 11.6 Å². The number of carbonyl (C=O) groups is 3. The second-order valence-corrected chi connectivity index (χ2v) is 6.55. The normalized spacial score (nSPS) is 13.2. The summed E-state index contributed by atoms with van der Waals surface area (Å²) in [5, 5.41) is 3.32. The van der Waals surface area contributed by atoms with E-state index in [1.54, 1.807) is 48.5 Å². The van der Waals surface area contributed by atoms with Gasteiger partial charge in [0, 0.05) is 28.3 Å². The van der Waals surface area contributed by atoms with Crippen LogP contribution in [0.4, 0.5) is 5.69 Å². The number of hydrogen-bond acceptors (Lipinski definition) is 3. The molecule has 3 rings (SSSR count). The molecule has 3 amide bonds. The number of anilines is 1. The first kappa shape index (κ1) is 18.7. The summed E-state index contributed by atoms with van der Waals surface area (Å²) in [7, 11) is 0. The highest BCUT2D eigenvalue weighted by molar-refractivity contribution is 6.32. The quantitative estimate of drug-likeness (QED) is 0.547. The topological polar surface area (TPSA) is 87.3 Å². The highest BCUT2D eigenvalue weighted by Gasteiger charge is 2.29. The number of nitrogens with one attached hydrogen (secondary N) is 3. The van der Waals surface area contributed by atoms with E-state index in [1.807, 2.05) is 6.07 Å². The highest BCUT2D eigenvalue weighted by atomic mass is 35.5. The van der Waals surface area contributed by atoms with E-state index in [2.05, 4.69) is 16.2 Å². The Morgan fingerprint density at radius 1 is 0.963 bits per heavy atom. The van der Waals surface area contributed by atoms with Crippen molar-refractivity contribution in [1.29, 1.82) is 0 Å². The van der Waals surface area contributed by atoms with Gasteiger partial charge in [-0.05, 0) is 54.8 Å². The van der Waals surface area contributed by atoms with E-state index >= 15 is 0 Å². The standard InChI is InChI=1S/C20H18ClN3O3/c21-17-4-2-1-3-13(17)9-12-18(25)23-24-20(27)15-7-10-16(11-8-15)22-19(26)14-5-6-14/h1-4,7-12,14H,5-6H2,(H,22,26)(H,23,25)(H,24,27). The van der Waals surface area contributed by atoms with Gasteiger partial charge in [-0.3, -0.25) is 25.2 Å². The molecule has 3 N–H and O–H groups in total. The largest absolute Gasteiger partial charge is 0.326 e. The molecule has 7 heteroatoms. The Bertz CT molecular complexity index is 890. The number of rotatable bonds is 5. The van der Waals surface area contributed by atoms with Crippen molar-refractivity contribution in [1.82, 2.24) is 10.9 Å². The number of amides is 3. The molecule has 27 heavy (non-hydrogen) atoms. The molecule has 0 heterocycles. The van der Waals surface area contributed by atoms with E-state index in [4.69, 9.17) is 11.6 Å². The van der Waals surface area contributed by atoms with Crippen LogP contribution in [-0.4, -0.2) is 17.7 Å². The molecule has 0 unspecified atom stereocenters. The summed E-state index contributed by atoms with van der Waals surface area (Å²) in [6.45, 7) is 0. The Kier molecular flexibility index (Phi) is 5.88. The minimum Gasteiger partial charge on any atom is -0.326 e. The molecule has 2 aromatic rings. The van der Waals surface area contributed by atoms with Crippen molar-refractivity contribution in [3.05, 3.63) is 70.8 Å². The van der Waals surface area contributed by atoms with Gasteiger partial charge in [-0.2, -0.15) is 0 Å². The van der Waals surface area contributed by atoms with Crippen molar-refractivity contribution in [2.45, 2.75) is 12.8 Å². The summed E-state index contributed by atoms with van der Waals surface area (Å²) >= 11 is 6.00. The lowest BCUT2D eigenvalue weighted by Gasteiger charge is -2.07. The number of halogens is 1. The number of carbonyl (C=O) groups excluding carboxylic acids is 3. The van der Waals surface area contributed by atoms with Gasteiger partial charge in [-0.25, -0.2) is 0 Å². The van der Waals surface area contributed by atoms with E-state index < -0.39 is 11.8 Å². The van der Waals surface area contributed by atoms with Crippen LogP contribution < -0.4 is 16.2 Å². The van der Waals surface area contributed by atoms with E-state index in [9.17, 15) is 14.4 Å². The summed E-state index contributed by atoms with van der Waals surface area (Å²) in [5.41, 5.74) is 6.32. The van der Waals surface area contributed by atoms with Gasteiger partial charge in [0.2, 0.25) is 5.91 Å². The van der Waals surface area contributed by atoms with Gasteiger partial charge in [-0.1, -0.05) is 29.8 Å². The summed E-state index contributed by atoms with van der Waals surface area (Å²) in [6, 6.07) is 13.5. The summed E-state index contributed by atoms with van der Waals surface area (Å²) in [5.74, 6) is -0.835. The molecular weight excluding hydrogens is 366 g/mol. The SMILES string of the molecule is O=C(C=Cc1ccccc1Cl)NNC(=O)c1ccc(NC(=O)C2CC2)cc1. The highest BCUT2D eigenvalue weighted by Crippen LogP contribution is 2.30. The monoisotopic (exact) mass is 383 g/mol. The van der Waals surface area contributed by atoms with Crippen molar-refractivity contribution in [3.8, 4) is 0 Å². The van der Waals surface area contributed by atoms with Gasteiger partial charge >= 0.3 is 0 Å². The van der Waals surface area contributed by atoms with Gasteiger partial charge < -0.3 is 5.32 Å². The smallest absolute Gasteiger partial charge is 0.269 e. The molecule has 6 nitrogen and oxygen atoms in total. The average Bonchev–Trinajstić information content (AvgIpc) is 3.51. The van der Waals surface area contributed by atoms with Crippen molar-refractivity contribution >= 4 is 41.1 Å². The molecule has 2 aromatic carbocycles.